The summed E-state index contributed by atoms with van der Waals surface area (Å²) in [6.07, 6.45) is 5.54. The molecule has 1 saturated carbocycles. The van der Waals surface area contributed by atoms with Gasteiger partial charge in [0.15, 0.2) is 0 Å². The van der Waals surface area contributed by atoms with Crippen molar-refractivity contribution in [3.8, 4) is 5.69 Å². The van der Waals surface area contributed by atoms with E-state index in [-0.39, 0.29) is 17.6 Å². The highest BCUT2D eigenvalue weighted by Crippen LogP contribution is 2.25. The van der Waals surface area contributed by atoms with Crippen LogP contribution in [0.5, 0.6) is 0 Å². The number of aromatic nitrogens is 2. The van der Waals surface area contributed by atoms with Gasteiger partial charge in [-0.2, -0.15) is 0 Å². The quantitative estimate of drug-likeness (QED) is 0.518. The second-order valence-corrected chi connectivity index (χ2v) is 9.29. The number of carbonyl (C=O) groups is 1. The van der Waals surface area contributed by atoms with Crippen molar-refractivity contribution >= 4 is 28.5 Å². The van der Waals surface area contributed by atoms with E-state index in [1.165, 1.54) is 6.42 Å². The zero-order valence-corrected chi connectivity index (χ0v) is 20.2. The van der Waals surface area contributed by atoms with Gasteiger partial charge in [-0.3, -0.25) is 9.36 Å². The van der Waals surface area contributed by atoms with E-state index in [1.54, 1.807) is 27.7 Å². The summed E-state index contributed by atoms with van der Waals surface area (Å²) in [7, 11) is 0. The standard InChI is InChI=1S/C26H31ClN4O2/c1-4-30(26(33)28-20-8-6-5-7-9-20)18(3)24-29-23-16-19(27)12-15-22(23)25(32)31(24)21-13-10-17(2)11-14-21/h10-16,18,20H,4-9H2,1-3H3,(H,28,33). The SMILES string of the molecule is CCN(C(=O)NC1CCCCC1)C(C)c1nc2cc(Cl)ccc2c(=O)n1-c1ccc(C)cc1. The lowest BCUT2D eigenvalue weighted by atomic mass is 9.96. The third-order valence-electron chi connectivity index (χ3n) is 6.53. The molecule has 1 aliphatic carbocycles. The Morgan fingerprint density at radius 3 is 2.55 bits per heavy atom. The first-order valence-electron chi connectivity index (χ1n) is 11.8. The van der Waals surface area contributed by atoms with Gasteiger partial charge in [0.1, 0.15) is 5.82 Å². The van der Waals surface area contributed by atoms with Gasteiger partial charge in [-0.15, -0.1) is 0 Å². The van der Waals surface area contributed by atoms with E-state index >= 15 is 0 Å². The van der Waals surface area contributed by atoms with E-state index in [1.807, 2.05) is 45.0 Å². The highest BCUT2D eigenvalue weighted by atomic mass is 35.5. The van der Waals surface area contributed by atoms with Crippen LogP contribution in [0.2, 0.25) is 5.02 Å². The number of hydrogen-bond acceptors (Lipinski definition) is 3. The number of benzene rings is 2. The Labute approximate surface area is 199 Å². The number of aryl methyl sites for hydroxylation is 1. The van der Waals surface area contributed by atoms with Gasteiger partial charge in [0.05, 0.1) is 22.6 Å². The van der Waals surface area contributed by atoms with Gasteiger partial charge < -0.3 is 10.2 Å². The Morgan fingerprint density at radius 1 is 1.18 bits per heavy atom. The number of nitrogens with one attached hydrogen (secondary N) is 1. The van der Waals surface area contributed by atoms with E-state index < -0.39 is 6.04 Å². The van der Waals surface area contributed by atoms with Crippen molar-refractivity contribution in [1.29, 1.82) is 0 Å². The van der Waals surface area contributed by atoms with Crippen LogP contribution in [0, 0.1) is 6.92 Å². The number of nitrogens with zero attached hydrogens (tertiary/aromatic N) is 3. The molecule has 0 saturated heterocycles. The molecule has 2 amide bonds. The van der Waals surface area contributed by atoms with Crippen molar-refractivity contribution < 1.29 is 4.79 Å². The highest BCUT2D eigenvalue weighted by Gasteiger charge is 2.27. The molecule has 33 heavy (non-hydrogen) atoms. The molecule has 0 spiro atoms. The molecule has 1 N–H and O–H groups in total. The molecule has 1 atom stereocenters. The molecule has 174 valence electrons. The summed E-state index contributed by atoms with van der Waals surface area (Å²) < 4.78 is 1.62. The zero-order chi connectivity index (χ0) is 23.5. The second-order valence-electron chi connectivity index (χ2n) is 8.85. The van der Waals surface area contributed by atoms with Crippen molar-refractivity contribution in [1.82, 2.24) is 19.8 Å². The number of halogens is 1. The first-order chi connectivity index (χ1) is 15.9. The fourth-order valence-corrected chi connectivity index (χ4v) is 4.80. The lowest BCUT2D eigenvalue weighted by Crippen LogP contribution is -2.47. The molecule has 3 aromatic rings. The molecule has 2 aromatic carbocycles. The topological polar surface area (TPSA) is 67.2 Å². The first-order valence-corrected chi connectivity index (χ1v) is 12.1. The van der Waals surface area contributed by atoms with Crippen molar-refractivity contribution in [3.05, 3.63) is 69.2 Å². The summed E-state index contributed by atoms with van der Waals surface area (Å²) in [5.41, 5.74) is 2.18. The van der Waals surface area contributed by atoms with Crippen LogP contribution >= 0.6 is 11.6 Å². The van der Waals surface area contributed by atoms with Gasteiger partial charge in [-0.05, 0) is 63.9 Å². The fraction of sp³-hybridized carbons (Fsp3) is 0.423. The molecule has 1 aliphatic rings. The van der Waals surface area contributed by atoms with E-state index in [2.05, 4.69) is 5.32 Å². The van der Waals surface area contributed by atoms with Gasteiger partial charge in [0.2, 0.25) is 0 Å². The van der Waals surface area contributed by atoms with E-state index in [9.17, 15) is 9.59 Å². The van der Waals surface area contributed by atoms with E-state index in [0.717, 1.165) is 36.9 Å². The normalized spacial score (nSPS) is 15.4. The van der Waals surface area contributed by atoms with Crippen LogP contribution < -0.4 is 10.9 Å². The van der Waals surface area contributed by atoms with Crippen LogP contribution in [0.4, 0.5) is 4.79 Å². The lowest BCUT2D eigenvalue weighted by molar-refractivity contribution is 0.172. The number of rotatable bonds is 5. The summed E-state index contributed by atoms with van der Waals surface area (Å²) in [6.45, 7) is 6.37. The molecule has 1 heterocycles. The summed E-state index contributed by atoms with van der Waals surface area (Å²) >= 11 is 6.20. The van der Waals surface area contributed by atoms with Crippen molar-refractivity contribution in [2.24, 2.45) is 0 Å². The summed E-state index contributed by atoms with van der Waals surface area (Å²) in [4.78, 5) is 33.4. The summed E-state index contributed by atoms with van der Waals surface area (Å²) in [5.74, 6) is 0.513. The highest BCUT2D eigenvalue weighted by molar-refractivity contribution is 6.31. The first kappa shape index (κ1) is 23.3. The molecular weight excluding hydrogens is 436 g/mol. The Bertz CT molecular complexity index is 1200. The molecule has 0 aliphatic heterocycles. The van der Waals surface area contributed by atoms with Crippen LogP contribution in [0.1, 0.15) is 63.4 Å². The monoisotopic (exact) mass is 466 g/mol. The van der Waals surface area contributed by atoms with Gasteiger partial charge in [-0.25, -0.2) is 9.78 Å². The maximum absolute atomic E-state index is 13.6. The smallest absolute Gasteiger partial charge is 0.318 e. The van der Waals surface area contributed by atoms with Crippen LogP contribution in [0.3, 0.4) is 0 Å². The molecule has 1 fully saturated rings. The number of urea groups is 1. The number of amides is 2. The van der Waals surface area contributed by atoms with Crippen LogP contribution in [0.15, 0.2) is 47.3 Å². The maximum Gasteiger partial charge on any atom is 0.318 e. The molecule has 7 heteroatoms. The maximum atomic E-state index is 13.6. The Balaban J connectivity index is 1.79. The number of fused-ring (bicyclic) bond motifs is 1. The minimum Gasteiger partial charge on any atom is -0.335 e. The van der Waals surface area contributed by atoms with Gasteiger partial charge in [0.25, 0.3) is 5.56 Å². The second kappa shape index (κ2) is 9.96. The fourth-order valence-electron chi connectivity index (χ4n) is 4.64. The van der Waals surface area contributed by atoms with Crippen molar-refractivity contribution in [2.75, 3.05) is 6.54 Å². The largest absolute Gasteiger partial charge is 0.335 e. The third-order valence-corrected chi connectivity index (χ3v) is 6.76. The predicted molar refractivity (Wildman–Crippen MR) is 133 cm³/mol. The molecule has 4 rings (SSSR count). The Morgan fingerprint density at radius 2 is 1.88 bits per heavy atom. The van der Waals surface area contributed by atoms with Crippen LogP contribution in [-0.2, 0) is 0 Å². The Hall–Kier alpha value is -2.86. The molecule has 6 nitrogen and oxygen atoms in total. The third kappa shape index (κ3) is 4.91. The van der Waals surface area contributed by atoms with E-state index in [0.29, 0.717) is 28.3 Å². The number of carbonyl (C=O) groups excluding carboxylic acids is 1. The predicted octanol–water partition coefficient (Wildman–Crippen LogP) is 5.77. The minimum atomic E-state index is -0.420. The molecule has 0 bridgehead atoms. The number of hydrogen-bond donors (Lipinski definition) is 1. The van der Waals surface area contributed by atoms with Crippen LogP contribution in [0.25, 0.3) is 16.6 Å². The summed E-state index contributed by atoms with van der Waals surface area (Å²) in [5, 5.41) is 4.21. The average molecular weight is 467 g/mol. The van der Waals surface area contributed by atoms with Crippen molar-refractivity contribution in [2.45, 2.75) is 65.0 Å². The van der Waals surface area contributed by atoms with Gasteiger partial charge >= 0.3 is 6.03 Å². The summed E-state index contributed by atoms with van der Waals surface area (Å²) in [6, 6.07) is 12.5. The minimum absolute atomic E-state index is 0.118. The van der Waals surface area contributed by atoms with Gasteiger partial charge in [-0.1, -0.05) is 48.6 Å². The molecular formula is C26H31ClN4O2. The van der Waals surface area contributed by atoms with E-state index in [4.69, 9.17) is 16.6 Å². The molecule has 0 radical (unpaired) electrons. The van der Waals surface area contributed by atoms with Crippen LogP contribution in [-0.4, -0.2) is 33.1 Å². The lowest BCUT2D eigenvalue weighted by Gasteiger charge is -2.32. The van der Waals surface area contributed by atoms with Gasteiger partial charge in [0, 0.05) is 17.6 Å². The molecule has 1 aromatic heterocycles. The Kier molecular flexibility index (Phi) is 7.03. The average Bonchev–Trinajstić information content (AvgIpc) is 2.80. The van der Waals surface area contributed by atoms with Crippen molar-refractivity contribution in [3.63, 3.8) is 0 Å². The zero-order valence-electron chi connectivity index (χ0n) is 19.5. The molecule has 1 unspecified atom stereocenters.